The number of carbonyl (C=O) groups is 1. The van der Waals surface area contributed by atoms with Gasteiger partial charge in [-0.15, -0.1) is 0 Å². The summed E-state index contributed by atoms with van der Waals surface area (Å²) in [6.45, 7) is 3.23. The number of halogens is 2. The van der Waals surface area contributed by atoms with Gasteiger partial charge in [-0.3, -0.25) is 4.79 Å². The van der Waals surface area contributed by atoms with Crippen LogP contribution in [0.2, 0.25) is 0 Å². The Hall–Kier alpha value is -3.78. The Bertz CT molecular complexity index is 1320. The third kappa shape index (κ3) is 4.68. The summed E-state index contributed by atoms with van der Waals surface area (Å²) in [5.74, 6) is -1.12. The average Bonchev–Trinajstić information content (AvgIpc) is 3.35. The molecule has 2 aliphatic rings. The van der Waals surface area contributed by atoms with Crippen molar-refractivity contribution in [2.75, 3.05) is 25.0 Å². The molecule has 1 unspecified atom stereocenters. The van der Waals surface area contributed by atoms with E-state index in [1.165, 1.54) is 36.7 Å². The van der Waals surface area contributed by atoms with Gasteiger partial charge < -0.3 is 20.2 Å². The summed E-state index contributed by atoms with van der Waals surface area (Å²) in [7, 11) is 1.75. The molecule has 3 aromatic rings. The van der Waals surface area contributed by atoms with E-state index in [0.29, 0.717) is 34.6 Å². The zero-order chi connectivity index (χ0) is 25.4. The molecule has 1 amide bonds. The lowest BCUT2D eigenvalue weighted by molar-refractivity contribution is -0.131. The summed E-state index contributed by atoms with van der Waals surface area (Å²) in [5, 5.41) is 13.3. The Morgan fingerprint density at radius 1 is 1.19 bits per heavy atom. The quantitative estimate of drug-likeness (QED) is 0.524. The van der Waals surface area contributed by atoms with Crippen LogP contribution in [0, 0.1) is 18.6 Å². The Kier molecular flexibility index (Phi) is 6.45. The van der Waals surface area contributed by atoms with Gasteiger partial charge in [-0.2, -0.15) is 0 Å². The fourth-order valence-corrected chi connectivity index (χ4v) is 5.02. The van der Waals surface area contributed by atoms with Gasteiger partial charge in [-0.05, 0) is 73.8 Å². The highest BCUT2D eigenvalue weighted by atomic mass is 19.1. The smallest absolute Gasteiger partial charge is 0.250 e. The number of fused-ring (bicyclic) bond motifs is 1. The number of likely N-dealkylation sites (N-methyl/N-ethyl adjacent to an activating group) is 1. The van der Waals surface area contributed by atoms with E-state index in [0.717, 1.165) is 19.4 Å². The molecule has 2 atom stereocenters. The highest BCUT2D eigenvalue weighted by molar-refractivity contribution is 5.98. The number of hydrogen-bond donors (Lipinski definition) is 2. The summed E-state index contributed by atoms with van der Waals surface area (Å²) in [5.41, 5.74) is 2.76. The minimum atomic E-state index is -0.873. The van der Waals surface area contributed by atoms with E-state index >= 15 is 4.39 Å². The topological polar surface area (TPSA) is 68.2 Å². The van der Waals surface area contributed by atoms with Crippen LogP contribution in [0.3, 0.4) is 0 Å². The number of nitrogens with one attached hydrogen (secondary N) is 1. The molecule has 0 aromatic heterocycles. The van der Waals surface area contributed by atoms with Crippen molar-refractivity contribution in [2.24, 2.45) is 4.99 Å². The monoisotopic (exact) mass is 490 g/mol. The van der Waals surface area contributed by atoms with Crippen molar-refractivity contribution in [1.29, 1.82) is 0 Å². The Morgan fingerprint density at radius 3 is 2.75 bits per heavy atom. The number of aromatic hydroxyl groups is 1. The molecular formula is C28H28F2N4O2. The number of nitrogens with zero attached hydrogens (tertiary/aromatic N) is 3. The first-order valence-electron chi connectivity index (χ1n) is 12.0. The molecule has 2 N–H and O–H groups in total. The van der Waals surface area contributed by atoms with Crippen molar-refractivity contribution in [2.45, 2.75) is 31.8 Å². The van der Waals surface area contributed by atoms with E-state index in [2.05, 4.69) is 10.3 Å². The van der Waals surface area contributed by atoms with Gasteiger partial charge in [-0.25, -0.2) is 13.8 Å². The van der Waals surface area contributed by atoms with Gasteiger partial charge in [-0.1, -0.05) is 12.1 Å². The second kappa shape index (κ2) is 9.70. The first-order chi connectivity index (χ1) is 17.3. The normalized spacial score (nSPS) is 18.8. The standard InChI is InChI=1S/C28H28F2N4O2/c1-17-9-19(29)12-21(10-17)34-16-32-26-14-25(30)23(18-5-3-7-22(35)11-18)13-24(26)27(34)28(36)33(2)15-20-6-4-8-31-20/h3,5,7,9-14,16,20,27,31,35H,4,6,8,15H2,1-2H3/t20-,27?/m0/s1. The number of phenols is 1. The number of carbonyl (C=O) groups excluding carboxylic acids is 1. The molecular weight excluding hydrogens is 462 g/mol. The molecule has 2 heterocycles. The van der Waals surface area contributed by atoms with E-state index in [1.54, 1.807) is 48.0 Å². The predicted octanol–water partition coefficient (Wildman–Crippen LogP) is 5.08. The Balaban J connectivity index is 1.61. The van der Waals surface area contributed by atoms with E-state index < -0.39 is 17.7 Å². The van der Waals surface area contributed by atoms with E-state index in [9.17, 15) is 14.3 Å². The summed E-state index contributed by atoms with van der Waals surface area (Å²) >= 11 is 0. The zero-order valence-electron chi connectivity index (χ0n) is 20.2. The van der Waals surface area contributed by atoms with E-state index in [1.807, 2.05) is 0 Å². The van der Waals surface area contributed by atoms with E-state index in [-0.39, 0.29) is 23.3 Å². The molecule has 0 radical (unpaired) electrons. The van der Waals surface area contributed by atoms with E-state index in [4.69, 9.17) is 0 Å². The van der Waals surface area contributed by atoms with Gasteiger partial charge in [0.05, 0.1) is 12.0 Å². The fraction of sp³-hybridized carbons (Fsp3) is 0.286. The molecule has 0 saturated carbocycles. The molecule has 0 aliphatic carbocycles. The van der Waals surface area contributed by atoms with Crippen LogP contribution < -0.4 is 10.2 Å². The summed E-state index contributed by atoms with van der Waals surface area (Å²) in [4.78, 5) is 21.7. The summed E-state index contributed by atoms with van der Waals surface area (Å²) < 4.78 is 29.5. The third-order valence-electron chi connectivity index (χ3n) is 6.76. The Labute approximate surface area is 208 Å². The van der Waals surface area contributed by atoms with Crippen LogP contribution in [0.1, 0.15) is 30.0 Å². The first kappa shape index (κ1) is 23.9. The predicted molar refractivity (Wildman–Crippen MR) is 137 cm³/mol. The van der Waals surface area contributed by atoms with Gasteiger partial charge in [0.1, 0.15) is 23.4 Å². The maximum atomic E-state index is 15.2. The molecule has 1 saturated heterocycles. The Morgan fingerprint density at radius 2 is 2.03 bits per heavy atom. The average molecular weight is 491 g/mol. The molecule has 0 spiro atoms. The summed E-state index contributed by atoms with van der Waals surface area (Å²) in [6.07, 6.45) is 3.51. The van der Waals surface area contributed by atoms with Crippen molar-refractivity contribution < 1.29 is 18.7 Å². The van der Waals surface area contributed by atoms with Crippen LogP contribution in [0.4, 0.5) is 20.2 Å². The molecule has 6 nitrogen and oxygen atoms in total. The van der Waals surface area contributed by atoms with Gasteiger partial charge >= 0.3 is 0 Å². The van der Waals surface area contributed by atoms with Crippen LogP contribution in [0.15, 0.2) is 59.6 Å². The number of rotatable bonds is 5. The highest BCUT2D eigenvalue weighted by Gasteiger charge is 2.36. The maximum absolute atomic E-state index is 15.2. The van der Waals surface area contributed by atoms with Crippen molar-refractivity contribution in [1.82, 2.24) is 10.2 Å². The van der Waals surface area contributed by atoms with Crippen molar-refractivity contribution >= 4 is 23.6 Å². The molecule has 8 heteroatoms. The lowest BCUT2D eigenvalue weighted by Gasteiger charge is -2.36. The van der Waals surface area contributed by atoms with Crippen molar-refractivity contribution in [3.63, 3.8) is 0 Å². The molecule has 36 heavy (non-hydrogen) atoms. The minimum absolute atomic E-state index is 0.0101. The molecule has 1 fully saturated rings. The van der Waals surface area contributed by atoms with Crippen molar-refractivity contribution in [3.8, 4) is 16.9 Å². The lowest BCUT2D eigenvalue weighted by atomic mass is 9.94. The van der Waals surface area contributed by atoms with Crippen LogP contribution in [0.5, 0.6) is 5.75 Å². The van der Waals surface area contributed by atoms with Gasteiger partial charge in [0.2, 0.25) is 5.91 Å². The van der Waals surface area contributed by atoms with Crippen LogP contribution in [-0.2, 0) is 4.79 Å². The van der Waals surface area contributed by atoms with Crippen molar-refractivity contribution in [3.05, 3.63) is 77.4 Å². The number of aryl methyl sites for hydroxylation is 1. The third-order valence-corrected chi connectivity index (χ3v) is 6.76. The number of amides is 1. The molecule has 2 aliphatic heterocycles. The molecule has 3 aromatic carbocycles. The van der Waals surface area contributed by atoms with Crippen LogP contribution >= 0.6 is 0 Å². The van der Waals surface area contributed by atoms with Crippen LogP contribution in [-0.4, -0.2) is 48.4 Å². The number of anilines is 1. The second-order valence-corrected chi connectivity index (χ2v) is 9.49. The minimum Gasteiger partial charge on any atom is -0.508 e. The number of phenolic OH excluding ortho intramolecular Hbond substituents is 1. The SMILES string of the molecule is Cc1cc(F)cc(N2C=Nc3cc(F)c(-c4cccc(O)c4)cc3C2C(=O)N(C)C[C@@H]2CCCN2)c1. The number of aliphatic imine (C=N–C) groups is 1. The number of hydrogen-bond acceptors (Lipinski definition) is 5. The highest BCUT2D eigenvalue weighted by Crippen LogP contribution is 2.41. The first-order valence-corrected chi connectivity index (χ1v) is 12.0. The van der Waals surface area contributed by atoms with Gasteiger partial charge in [0, 0.05) is 42.5 Å². The summed E-state index contributed by atoms with van der Waals surface area (Å²) in [6, 6.07) is 13.1. The second-order valence-electron chi connectivity index (χ2n) is 9.49. The van der Waals surface area contributed by atoms with Crippen LogP contribution in [0.25, 0.3) is 11.1 Å². The largest absolute Gasteiger partial charge is 0.508 e. The fourth-order valence-electron chi connectivity index (χ4n) is 5.02. The molecule has 0 bridgehead atoms. The number of benzene rings is 3. The zero-order valence-corrected chi connectivity index (χ0v) is 20.2. The molecule has 186 valence electrons. The maximum Gasteiger partial charge on any atom is 0.250 e. The lowest BCUT2D eigenvalue weighted by Crippen LogP contribution is -2.46. The van der Waals surface area contributed by atoms with Gasteiger partial charge in [0.25, 0.3) is 0 Å². The van der Waals surface area contributed by atoms with Gasteiger partial charge in [0.15, 0.2) is 0 Å². The molecule has 5 rings (SSSR count).